The molecule has 0 aliphatic heterocycles. The minimum absolute atomic E-state index is 0.264. The van der Waals surface area contributed by atoms with E-state index in [-0.39, 0.29) is 5.56 Å². The van der Waals surface area contributed by atoms with Gasteiger partial charge in [-0.15, -0.1) is 5.10 Å². The fourth-order valence-corrected chi connectivity index (χ4v) is 0.882. The molecule has 0 saturated carbocycles. The third-order valence-corrected chi connectivity index (χ3v) is 1.52. The number of nitro groups is 1. The lowest BCUT2D eigenvalue weighted by Gasteiger charge is -1.90. The van der Waals surface area contributed by atoms with E-state index < -0.39 is 16.8 Å². The van der Waals surface area contributed by atoms with Gasteiger partial charge in [0.2, 0.25) is 6.21 Å². The second kappa shape index (κ2) is 5.39. The van der Waals surface area contributed by atoms with E-state index in [1.807, 2.05) is 0 Å². The van der Waals surface area contributed by atoms with E-state index >= 15 is 0 Å². The molecule has 0 aliphatic carbocycles. The van der Waals surface area contributed by atoms with E-state index in [4.69, 9.17) is 5.73 Å². The van der Waals surface area contributed by atoms with E-state index in [0.29, 0.717) is 0 Å². The van der Waals surface area contributed by atoms with Crippen LogP contribution >= 0.6 is 0 Å². The number of hydrogen-bond donors (Lipinski definition) is 3. The minimum atomic E-state index is -0.858. The van der Waals surface area contributed by atoms with Crippen molar-refractivity contribution >= 4 is 12.2 Å². The molecular weight excluding hydrogens is 217 g/mol. The fourth-order valence-electron chi connectivity index (χ4n) is 0.882. The fraction of sp³-hybridized carbons (Fsp3) is 0. The quantitative estimate of drug-likeness (QED) is 0.248. The number of hydrogen-bond acceptors (Lipinski definition) is 3. The van der Waals surface area contributed by atoms with Gasteiger partial charge < -0.3 is 5.73 Å². The van der Waals surface area contributed by atoms with Crippen LogP contribution in [0.4, 0.5) is 4.39 Å². The first-order valence-corrected chi connectivity index (χ1v) is 4.17. The van der Waals surface area contributed by atoms with Crippen LogP contribution in [0.5, 0.6) is 0 Å². The van der Waals surface area contributed by atoms with Crippen LogP contribution in [-0.4, -0.2) is 17.2 Å². The largest absolute Gasteiger partial charge is 0.360 e. The van der Waals surface area contributed by atoms with Gasteiger partial charge in [-0.3, -0.25) is 0 Å². The van der Waals surface area contributed by atoms with Gasteiger partial charge in [-0.2, -0.15) is 0 Å². The second-order valence-corrected chi connectivity index (χ2v) is 2.66. The van der Waals surface area contributed by atoms with Crippen LogP contribution in [0.25, 0.3) is 0 Å². The first-order valence-electron chi connectivity index (χ1n) is 4.17. The van der Waals surface area contributed by atoms with E-state index in [1.165, 1.54) is 18.3 Å². The molecule has 0 saturated heterocycles. The molecule has 16 heavy (non-hydrogen) atoms. The lowest BCUT2D eigenvalue weighted by molar-refractivity contribution is -0.528. The number of hydrazone groups is 1. The summed E-state index contributed by atoms with van der Waals surface area (Å²) in [5.74, 6) is -0.872. The molecule has 8 heteroatoms. The van der Waals surface area contributed by atoms with Gasteiger partial charge in [0.15, 0.2) is 5.03 Å². The summed E-state index contributed by atoms with van der Waals surface area (Å²) >= 11 is 0. The standard InChI is InChI=1S/C8H8FN5O2/c9-7-4-2-1-3-6(7)5-11-12-8(10)13-14(15)16/h1-5H,(H3,10,12,13)/p+1. The molecule has 0 unspecified atom stereocenters. The van der Waals surface area contributed by atoms with E-state index in [9.17, 15) is 14.5 Å². The van der Waals surface area contributed by atoms with Crippen LogP contribution in [0.2, 0.25) is 0 Å². The average Bonchev–Trinajstić information content (AvgIpc) is 2.19. The zero-order valence-corrected chi connectivity index (χ0v) is 8.05. The van der Waals surface area contributed by atoms with E-state index in [2.05, 4.69) is 10.2 Å². The summed E-state index contributed by atoms with van der Waals surface area (Å²) < 4.78 is 13.0. The first kappa shape index (κ1) is 11.6. The number of rotatable bonds is 3. The summed E-state index contributed by atoms with van der Waals surface area (Å²) in [5.41, 5.74) is 6.98. The molecule has 0 aliphatic rings. The van der Waals surface area contributed by atoms with Crippen LogP contribution < -0.4 is 16.3 Å². The molecule has 4 N–H and O–H groups in total. The Morgan fingerprint density at radius 3 is 2.94 bits per heavy atom. The van der Waals surface area contributed by atoms with Crippen LogP contribution in [0, 0.1) is 15.9 Å². The molecule has 1 aromatic rings. The lowest BCUT2D eigenvalue weighted by atomic mass is 10.2. The molecule has 0 bridgehead atoms. The molecule has 1 rings (SSSR count). The van der Waals surface area contributed by atoms with Crippen LogP contribution in [0.15, 0.2) is 29.4 Å². The highest BCUT2D eigenvalue weighted by molar-refractivity contribution is 5.77. The van der Waals surface area contributed by atoms with Crippen molar-refractivity contribution in [3.05, 3.63) is 45.8 Å². The topological polar surface area (TPSA) is 108 Å². The molecular formula is C8H9FN5O2+. The van der Waals surface area contributed by atoms with Gasteiger partial charge in [0.1, 0.15) is 5.82 Å². The van der Waals surface area contributed by atoms with Crippen molar-refractivity contribution < 1.29 is 14.5 Å². The molecule has 0 heterocycles. The van der Waals surface area contributed by atoms with Crippen molar-refractivity contribution in [1.29, 1.82) is 0 Å². The molecule has 0 amide bonds. The molecule has 84 valence electrons. The van der Waals surface area contributed by atoms with Crippen LogP contribution in [-0.2, 0) is 0 Å². The van der Waals surface area contributed by atoms with Crippen molar-refractivity contribution in [2.75, 3.05) is 0 Å². The summed E-state index contributed by atoms with van der Waals surface area (Å²) in [6, 6.07) is 5.96. The summed E-state index contributed by atoms with van der Waals surface area (Å²) in [6.07, 6.45) is 1.23. The molecule has 1 aromatic carbocycles. The Balaban J connectivity index is 2.68. The van der Waals surface area contributed by atoms with E-state index in [1.54, 1.807) is 17.6 Å². The number of nitrogens with two attached hydrogens (primary N) is 1. The van der Waals surface area contributed by atoms with Gasteiger partial charge in [0.05, 0.1) is 5.56 Å². The molecule has 0 atom stereocenters. The molecule has 7 nitrogen and oxygen atoms in total. The maximum atomic E-state index is 13.0. The minimum Gasteiger partial charge on any atom is -0.360 e. The smallest absolute Gasteiger partial charge is 0.319 e. The van der Waals surface area contributed by atoms with Gasteiger partial charge >= 0.3 is 5.96 Å². The second-order valence-electron chi connectivity index (χ2n) is 2.66. The average molecular weight is 226 g/mol. The number of nitrogens with one attached hydrogen (secondary N) is 2. The lowest BCUT2D eigenvalue weighted by Crippen LogP contribution is -2.64. The Morgan fingerprint density at radius 1 is 1.62 bits per heavy atom. The highest BCUT2D eigenvalue weighted by Gasteiger charge is 2.02. The maximum absolute atomic E-state index is 13.0. The first-order chi connectivity index (χ1) is 7.59. The Hall–Kier alpha value is -2.51. The van der Waals surface area contributed by atoms with Crippen molar-refractivity contribution in [1.82, 2.24) is 5.43 Å². The predicted octanol–water partition coefficient (Wildman–Crippen LogP) is -1.66. The number of benzene rings is 1. The van der Waals surface area contributed by atoms with Crippen molar-refractivity contribution in [2.45, 2.75) is 0 Å². The third kappa shape index (κ3) is 3.70. The van der Waals surface area contributed by atoms with Crippen LogP contribution in [0.3, 0.4) is 0 Å². The molecule has 0 fully saturated rings. The highest BCUT2D eigenvalue weighted by atomic mass is 19.1. The Kier molecular flexibility index (Phi) is 3.90. The van der Waals surface area contributed by atoms with Crippen molar-refractivity contribution in [3.8, 4) is 0 Å². The Labute approximate surface area is 89.6 Å². The zero-order valence-electron chi connectivity index (χ0n) is 8.05. The Bertz CT molecular complexity index is 446. The van der Waals surface area contributed by atoms with Gasteiger partial charge in [0, 0.05) is 5.10 Å². The monoisotopic (exact) mass is 226 g/mol. The molecule has 0 radical (unpaired) electrons. The summed E-state index contributed by atoms with van der Waals surface area (Å²) in [6.45, 7) is 0. The van der Waals surface area contributed by atoms with Gasteiger partial charge in [-0.05, 0) is 12.1 Å². The summed E-state index contributed by atoms with van der Waals surface area (Å²) in [4.78, 5) is 9.93. The Morgan fingerprint density at radius 2 is 2.31 bits per heavy atom. The number of halogens is 1. The number of guanidine groups is 1. The number of nitrogens with zero attached hydrogens (tertiary/aromatic N) is 2. The SMILES string of the molecule is NC(=N[NH+]=Cc1ccccc1F)N[N+](=O)[O-]. The molecule has 0 aromatic heterocycles. The van der Waals surface area contributed by atoms with Crippen molar-refractivity contribution in [2.24, 2.45) is 10.8 Å². The normalized spacial score (nSPS) is 11.7. The van der Waals surface area contributed by atoms with Crippen molar-refractivity contribution in [3.63, 3.8) is 0 Å². The predicted molar refractivity (Wildman–Crippen MR) is 54.3 cm³/mol. The molecule has 0 spiro atoms. The van der Waals surface area contributed by atoms with Crippen LogP contribution in [0.1, 0.15) is 5.56 Å². The zero-order chi connectivity index (χ0) is 12.0. The van der Waals surface area contributed by atoms with Gasteiger partial charge in [-0.1, -0.05) is 17.6 Å². The maximum Gasteiger partial charge on any atom is 0.319 e. The summed E-state index contributed by atoms with van der Waals surface area (Å²) in [5, 5.41) is 14.7. The number of hydrazine groups is 1. The third-order valence-electron chi connectivity index (χ3n) is 1.52. The summed E-state index contributed by atoms with van der Waals surface area (Å²) in [7, 11) is 0. The van der Waals surface area contributed by atoms with Gasteiger partial charge in [-0.25, -0.2) is 14.5 Å². The van der Waals surface area contributed by atoms with E-state index in [0.717, 1.165) is 0 Å². The van der Waals surface area contributed by atoms with Gasteiger partial charge in [0.25, 0.3) is 0 Å². The highest BCUT2D eigenvalue weighted by Crippen LogP contribution is 2.00.